The van der Waals surface area contributed by atoms with E-state index in [1.807, 2.05) is 32.0 Å². The maximum atomic E-state index is 13.8. The van der Waals surface area contributed by atoms with Crippen LogP contribution in [-0.2, 0) is 13.2 Å². The average molecular weight is 419 g/mol. The Balaban J connectivity index is 1.35. The summed E-state index contributed by atoms with van der Waals surface area (Å²) in [7, 11) is 0. The van der Waals surface area contributed by atoms with Crippen LogP contribution in [0.3, 0.4) is 0 Å². The number of ether oxygens (including phenoxy) is 1. The van der Waals surface area contributed by atoms with Gasteiger partial charge in [0.1, 0.15) is 23.9 Å². The number of benzene rings is 2. The van der Waals surface area contributed by atoms with Crippen LogP contribution in [0.5, 0.6) is 5.75 Å². The van der Waals surface area contributed by atoms with E-state index < -0.39 is 5.91 Å². The lowest BCUT2D eigenvalue weighted by Crippen LogP contribution is -2.10. The summed E-state index contributed by atoms with van der Waals surface area (Å²) in [5.74, 6) is 0.797. The van der Waals surface area contributed by atoms with Crippen molar-refractivity contribution >= 4 is 11.6 Å². The highest BCUT2D eigenvalue weighted by Crippen LogP contribution is 2.21. The number of nitrogens with one attached hydrogen (secondary N) is 1. The summed E-state index contributed by atoms with van der Waals surface area (Å²) < 4.78 is 26.8. The van der Waals surface area contributed by atoms with Gasteiger partial charge in [-0.2, -0.15) is 5.10 Å². The second-order valence-corrected chi connectivity index (χ2v) is 7.30. The number of halogens is 1. The number of hydrogen-bond donors (Lipinski definition) is 1. The van der Waals surface area contributed by atoms with E-state index in [0.717, 1.165) is 16.9 Å². The van der Waals surface area contributed by atoms with Crippen LogP contribution in [-0.4, -0.2) is 15.7 Å². The molecule has 2 heterocycles. The van der Waals surface area contributed by atoms with Crippen LogP contribution < -0.4 is 10.1 Å². The molecule has 0 unspecified atom stereocenters. The Morgan fingerprint density at radius 3 is 2.84 bits per heavy atom. The number of aromatic nitrogens is 2. The molecule has 158 valence electrons. The zero-order chi connectivity index (χ0) is 21.8. The van der Waals surface area contributed by atoms with Crippen molar-refractivity contribution in [3.05, 3.63) is 101 Å². The van der Waals surface area contributed by atoms with Crippen molar-refractivity contribution in [1.82, 2.24) is 9.78 Å². The van der Waals surface area contributed by atoms with Gasteiger partial charge in [0.2, 0.25) is 0 Å². The Hall–Kier alpha value is -3.87. The Morgan fingerprint density at radius 2 is 2.00 bits per heavy atom. The minimum Gasteiger partial charge on any atom is -0.485 e. The van der Waals surface area contributed by atoms with E-state index in [1.165, 1.54) is 12.3 Å². The number of amides is 1. The molecule has 0 aliphatic heterocycles. The molecular weight excluding hydrogens is 397 g/mol. The van der Waals surface area contributed by atoms with Gasteiger partial charge in [0.25, 0.3) is 5.91 Å². The first-order valence-corrected chi connectivity index (χ1v) is 9.84. The molecule has 0 bridgehead atoms. The maximum absolute atomic E-state index is 13.8. The third-order valence-corrected chi connectivity index (χ3v) is 4.78. The fourth-order valence-corrected chi connectivity index (χ4v) is 3.10. The number of carbonyl (C=O) groups is 1. The highest BCUT2D eigenvalue weighted by molar-refractivity contribution is 6.02. The molecule has 4 aromatic rings. The first kappa shape index (κ1) is 20.4. The van der Waals surface area contributed by atoms with E-state index >= 15 is 0 Å². The third-order valence-electron chi connectivity index (χ3n) is 4.78. The molecule has 0 atom stereocenters. The number of aryl methyl sites for hydroxylation is 2. The van der Waals surface area contributed by atoms with Crippen molar-refractivity contribution in [2.75, 3.05) is 5.32 Å². The largest absolute Gasteiger partial charge is 0.485 e. The molecule has 1 amide bonds. The van der Waals surface area contributed by atoms with Crippen molar-refractivity contribution in [3.8, 4) is 5.75 Å². The van der Waals surface area contributed by atoms with Crippen LogP contribution in [0.15, 0.2) is 71.4 Å². The second kappa shape index (κ2) is 8.87. The number of anilines is 1. The Bertz CT molecular complexity index is 1210. The van der Waals surface area contributed by atoms with Gasteiger partial charge in [0, 0.05) is 11.8 Å². The minimum absolute atomic E-state index is 0.168. The maximum Gasteiger partial charge on any atom is 0.291 e. The lowest BCUT2D eigenvalue weighted by Gasteiger charge is -2.08. The smallest absolute Gasteiger partial charge is 0.291 e. The summed E-state index contributed by atoms with van der Waals surface area (Å²) in [6.45, 7) is 4.46. The van der Waals surface area contributed by atoms with Crippen LogP contribution in [0.2, 0.25) is 0 Å². The minimum atomic E-state index is -0.400. The number of hydrogen-bond acceptors (Lipinski definition) is 4. The average Bonchev–Trinajstić information content (AvgIpc) is 3.40. The van der Waals surface area contributed by atoms with Crippen molar-refractivity contribution in [3.63, 3.8) is 0 Å². The molecule has 6 nitrogen and oxygen atoms in total. The van der Waals surface area contributed by atoms with E-state index in [9.17, 15) is 9.18 Å². The zero-order valence-electron chi connectivity index (χ0n) is 17.3. The molecule has 2 aromatic heterocycles. The molecule has 31 heavy (non-hydrogen) atoms. The van der Waals surface area contributed by atoms with Crippen molar-refractivity contribution in [2.24, 2.45) is 0 Å². The predicted molar refractivity (Wildman–Crippen MR) is 115 cm³/mol. The first-order chi connectivity index (χ1) is 15.0. The first-order valence-electron chi connectivity index (χ1n) is 9.84. The second-order valence-electron chi connectivity index (χ2n) is 7.30. The van der Waals surface area contributed by atoms with Crippen LogP contribution >= 0.6 is 0 Å². The van der Waals surface area contributed by atoms with Crippen LogP contribution in [0.4, 0.5) is 10.1 Å². The van der Waals surface area contributed by atoms with Gasteiger partial charge in [-0.15, -0.1) is 0 Å². The van der Waals surface area contributed by atoms with Crippen molar-refractivity contribution in [1.29, 1.82) is 0 Å². The van der Waals surface area contributed by atoms with E-state index in [-0.39, 0.29) is 24.7 Å². The van der Waals surface area contributed by atoms with E-state index in [2.05, 4.69) is 10.4 Å². The zero-order valence-corrected chi connectivity index (χ0v) is 17.3. The standard InChI is InChI=1S/C24H22FN3O3/c1-16-7-8-17(2)23(11-16)30-15-20-9-10-22(31-20)24(29)27-19-12-26-28(14-19)13-18-5-3-4-6-21(18)25/h3-12,14H,13,15H2,1-2H3,(H,27,29). The number of nitrogens with zero attached hydrogens (tertiary/aromatic N) is 2. The molecule has 0 fully saturated rings. The Morgan fingerprint density at radius 1 is 1.16 bits per heavy atom. The predicted octanol–water partition coefficient (Wildman–Crippen LogP) is 5.11. The summed E-state index contributed by atoms with van der Waals surface area (Å²) >= 11 is 0. The summed E-state index contributed by atoms with van der Waals surface area (Å²) in [6.07, 6.45) is 3.14. The van der Waals surface area contributed by atoms with E-state index in [4.69, 9.17) is 9.15 Å². The lowest BCUT2D eigenvalue weighted by molar-refractivity contribution is 0.0992. The third kappa shape index (κ3) is 5.01. The van der Waals surface area contributed by atoms with Gasteiger partial charge in [-0.05, 0) is 49.2 Å². The number of rotatable bonds is 7. The normalized spacial score (nSPS) is 10.8. The highest BCUT2D eigenvalue weighted by Gasteiger charge is 2.14. The van der Waals surface area contributed by atoms with Gasteiger partial charge in [-0.25, -0.2) is 4.39 Å². The molecule has 0 aliphatic carbocycles. The van der Waals surface area contributed by atoms with Crippen LogP contribution in [0.1, 0.15) is 33.0 Å². The molecule has 0 spiro atoms. The van der Waals surface area contributed by atoms with E-state index in [0.29, 0.717) is 17.0 Å². The molecular formula is C24H22FN3O3. The fourth-order valence-electron chi connectivity index (χ4n) is 3.10. The fraction of sp³-hybridized carbons (Fsp3) is 0.167. The summed E-state index contributed by atoms with van der Waals surface area (Å²) in [5, 5.41) is 6.90. The number of carbonyl (C=O) groups excluding carboxylic acids is 1. The molecule has 7 heteroatoms. The monoisotopic (exact) mass is 419 g/mol. The SMILES string of the molecule is Cc1ccc(C)c(OCc2ccc(C(=O)Nc3cnn(Cc4ccccc4F)c3)o2)c1. The van der Waals surface area contributed by atoms with E-state index in [1.54, 1.807) is 41.2 Å². The van der Waals surface area contributed by atoms with Crippen molar-refractivity contribution < 1.29 is 18.3 Å². The number of furan rings is 1. The molecule has 0 saturated carbocycles. The van der Waals surface area contributed by atoms with Crippen molar-refractivity contribution in [2.45, 2.75) is 27.0 Å². The molecule has 1 N–H and O–H groups in total. The van der Waals surface area contributed by atoms with Gasteiger partial charge in [-0.1, -0.05) is 30.3 Å². The van der Waals surface area contributed by atoms with Crippen LogP contribution in [0, 0.1) is 19.7 Å². The highest BCUT2D eigenvalue weighted by atomic mass is 19.1. The van der Waals surface area contributed by atoms with Gasteiger partial charge in [-0.3, -0.25) is 9.48 Å². The summed E-state index contributed by atoms with van der Waals surface area (Å²) in [5.41, 5.74) is 3.15. The van der Waals surface area contributed by atoms with Crippen LogP contribution in [0.25, 0.3) is 0 Å². The quantitative estimate of drug-likeness (QED) is 0.452. The van der Waals surface area contributed by atoms with Gasteiger partial charge < -0.3 is 14.5 Å². The van der Waals surface area contributed by atoms with Gasteiger partial charge >= 0.3 is 0 Å². The molecule has 0 aliphatic rings. The Kier molecular flexibility index (Phi) is 5.84. The van der Waals surface area contributed by atoms with Gasteiger partial charge in [0.15, 0.2) is 5.76 Å². The lowest BCUT2D eigenvalue weighted by atomic mass is 10.1. The topological polar surface area (TPSA) is 69.3 Å². The Labute approximate surface area is 179 Å². The van der Waals surface area contributed by atoms with Gasteiger partial charge in [0.05, 0.1) is 18.4 Å². The molecule has 2 aromatic carbocycles. The summed E-state index contributed by atoms with van der Waals surface area (Å²) in [6, 6.07) is 15.8. The molecule has 0 saturated heterocycles. The molecule has 4 rings (SSSR count). The molecule has 0 radical (unpaired) electrons. The summed E-state index contributed by atoms with van der Waals surface area (Å²) in [4.78, 5) is 12.5.